The van der Waals surface area contributed by atoms with Crippen LogP contribution in [0.3, 0.4) is 0 Å². The number of carbonyl (C=O) groups excluding carboxylic acids is 2. The van der Waals surface area contributed by atoms with Gasteiger partial charge in [0, 0.05) is 31.2 Å². The Kier molecular flexibility index (Phi) is 5.43. The zero-order chi connectivity index (χ0) is 17.6. The van der Waals surface area contributed by atoms with Crippen molar-refractivity contribution in [1.82, 2.24) is 9.88 Å². The maximum Gasteiger partial charge on any atom is 0.257 e. The second kappa shape index (κ2) is 7.92. The van der Waals surface area contributed by atoms with Crippen molar-refractivity contribution < 1.29 is 9.59 Å². The lowest BCUT2D eigenvalue weighted by Crippen LogP contribution is -2.32. The first-order valence-electron chi connectivity index (χ1n) is 8.76. The fraction of sp³-hybridized carbons (Fsp3) is 0.350. The highest BCUT2D eigenvalue weighted by Gasteiger charge is 2.19. The number of aryl methyl sites for hydroxylation is 1. The number of likely N-dealkylation sites (tertiary alicyclic amines) is 1. The van der Waals surface area contributed by atoms with Gasteiger partial charge in [0.1, 0.15) is 0 Å². The van der Waals surface area contributed by atoms with Gasteiger partial charge >= 0.3 is 0 Å². The van der Waals surface area contributed by atoms with Crippen molar-refractivity contribution >= 4 is 17.5 Å². The molecular weight excluding hydrogens is 314 g/mol. The molecule has 1 saturated heterocycles. The number of amides is 2. The van der Waals surface area contributed by atoms with Crippen LogP contribution >= 0.6 is 0 Å². The number of nitrogens with zero attached hydrogens (tertiary/aromatic N) is 2. The van der Waals surface area contributed by atoms with Crippen molar-refractivity contribution in [3.63, 3.8) is 0 Å². The van der Waals surface area contributed by atoms with Gasteiger partial charge in [-0.1, -0.05) is 25.0 Å². The molecule has 0 spiro atoms. The lowest BCUT2D eigenvalue weighted by atomic mass is 10.1. The Balaban J connectivity index is 1.74. The van der Waals surface area contributed by atoms with Crippen LogP contribution < -0.4 is 5.32 Å². The monoisotopic (exact) mass is 337 g/mol. The average Bonchev–Trinajstić information content (AvgIpc) is 2.90. The van der Waals surface area contributed by atoms with E-state index in [-0.39, 0.29) is 11.8 Å². The largest absolute Gasteiger partial charge is 0.339 e. The fourth-order valence-corrected chi connectivity index (χ4v) is 3.06. The van der Waals surface area contributed by atoms with Crippen LogP contribution in [0.1, 0.15) is 52.0 Å². The summed E-state index contributed by atoms with van der Waals surface area (Å²) in [4.78, 5) is 31.1. The van der Waals surface area contributed by atoms with E-state index in [1.807, 2.05) is 36.1 Å². The minimum atomic E-state index is -0.261. The van der Waals surface area contributed by atoms with Gasteiger partial charge in [0.2, 0.25) is 0 Å². The molecule has 1 aromatic heterocycles. The summed E-state index contributed by atoms with van der Waals surface area (Å²) in [6.45, 7) is 3.52. The maximum absolute atomic E-state index is 12.7. The van der Waals surface area contributed by atoms with Gasteiger partial charge in [0.15, 0.2) is 0 Å². The number of anilines is 1. The molecule has 0 unspecified atom stereocenters. The molecule has 5 nitrogen and oxygen atoms in total. The molecule has 0 bridgehead atoms. The van der Waals surface area contributed by atoms with Crippen LogP contribution in [0.25, 0.3) is 0 Å². The van der Waals surface area contributed by atoms with E-state index in [1.165, 1.54) is 25.2 Å². The molecule has 3 rings (SSSR count). The van der Waals surface area contributed by atoms with Crippen LogP contribution in [-0.4, -0.2) is 34.8 Å². The number of nitrogens with one attached hydrogen (secondary N) is 1. The van der Waals surface area contributed by atoms with Crippen molar-refractivity contribution in [2.45, 2.75) is 32.6 Å². The predicted octanol–water partition coefficient (Wildman–Crippen LogP) is 3.66. The van der Waals surface area contributed by atoms with E-state index in [2.05, 4.69) is 10.3 Å². The van der Waals surface area contributed by atoms with E-state index in [4.69, 9.17) is 0 Å². The maximum atomic E-state index is 12.7. The molecule has 1 aromatic carbocycles. The minimum absolute atomic E-state index is 0.0420. The van der Waals surface area contributed by atoms with Crippen LogP contribution in [0.15, 0.2) is 42.7 Å². The first kappa shape index (κ1) is 17.1. The molecule has 1 N–H and O–H groups in total. The number of hydrogen-bond acceptors (Lipinski definition) is 3. The smallest absolute Gasteiger partial charge is 0.257 e. The third-order valence-corrected chi connectivity index (χ3v) is 4.42. The molecule has 1 aliphatic heterocycles. The molecule has 0 atom stereocenters. The average molecular weight is 337 g/mol. The van der Waals surface area contributed by atoms with Gasteiger partial charge in [-0.2, -0.15) is 0 Å². The van der Waals surface area contributed by atoms with Crippen molar-refractivity contribution in [2.24, 2.45) is 0 Å². The second-order valence-electron chi connectivity index (χ2n) is 6.49. The van der Waals surface area contributed by atoms with E-state index < -0.39 is 0 Å². The summed E-state index contributed by atoms with van der Waals surface area (Å²) in [6, 6.07) is 9.23. The highest BCUT2D eigenvalue weighted by molar-refractivity contribution is 6.05. The molecule has 2 amide bonds. The molecule has 0 radical (unpaired) electrons. The highest BCUT2D eigenvalue weighted by atomic mass is 16.2. The Labute approximate surface area is 148 Å². The first-order valence-corrected chi connectivity index (χ1v) is 8.76. The van der Waals surface area contributed by atoms with Gasteiger partial charge in [-0.25, -0.2) is 0 Å². The third kappa shape index (κ3) is 4.44. The summed E-state index contributed by atoms with van der Waals surface area (Å²) in [5.41, 5.74) is 2.66. The molecular formula is C20H23N3O2. The normalized spacial score (nSPS) is 14.7. The van der Waals surface area contributed by atoms with E-state index in [0.717, 1.165) is 37.2 Å². The van der Waals surface area contributed by atoms with Crippen molar-refractivity contribution in [2.75, 3.05) is 18.4 Å². The molecule has 0 saturated carbocycles. The zero-order valence-corrected chi connectivity index (χ0v) is 14.5. The van der Waals surface area contributed by atoms with Gasteiger partial charge in [-0.3, -0.25) is 14.6 Å². The second-order valence-corrected chi connectivity index (χ2v) is 6.49. The summed E-state index contributed by atoms with van der Waals surface area (Å²) in [5, 5.41) is 2.85. The van der Waals surface area contributed by atoms with Gasteiger partial charge < -0.3 is 10.2 Å². The molecule has 5 heteroatoms. The fourth-order valence-electron chi connectivity index (χ4n) is 3.06. The summed E-state index contributed by atoms with van der Waals surface area (Å²) in [7, 11) is 0. The lowest BCUT2D eigenvalue weighted by molar-refractivity contribution is 0.0761. The number of aromatic nitrogens is 1. The third-order valence-electron chi connectivity index (χ3n) is 4.42. The van der Waals surface area contributed by atoms with Crippen LogP contribution in [-0.2, 0) is 0 Å². The molecule has 2 heterocycles. The first-order chi connectivity index (χ1) is 12.1. The number of rotatable bonds is 3. The molecule has 1 fully saturated rings. The van der Waals surface area contributed by atoms with Crippen molar-refractivity contribution in [1.29, 1.82) is 0 Å². The van der Waals surface area contributed by atoms with Gasteiger partial charge in [0.25, 0.3) is 11.8 Å². The molecule has 25 heavy (non-hydrogen) atoms. The van der Waals surface area contributed by atoms with E-state index >= 15 is 0 Å². The molecule has 1 aliphatic rings. The SMILES string of the molecule is Cc1cccc(NC(=O)c2cncc(C(=O)N3CCCCCC3)c2)c1. The quantitative estimate of drug-likeness (QED) is 0.930. The predicted molar refractivity (Wildman–Crippen MR) is 97.7 cm³/mol. The zero-order valence-electron chi connectivity index (χ0n) is 14.5. The van der Waals surface area contributed by atoms with Gasteiger partial charge in [-0.05, 0) is 43.5 Å². The van der Waals surface area contributed by atoms with Crippen molar-refractivity contribution in [3.05, 3.63) is 59.4 Å². The van der Waals surface area contributed by atoms with E-state index in [9.17, 15) is 9.59 Å². The Bertz CT molecular complexity index is 765. The topological polar surface area (TPSA) is 62.3 Å². The number of pyridine rings is 1. The van der Waals surface area contributed by atoms with E-state index in [1.54, 1.807) is 6.07 Å². The summed E-state index contributed by atoms with van der Waals surface area (Å²) >= 11 is 0. The Morgan fingerprint density at radius 3 is 2.44 bits per heavy atom. The van der Waals surface area contributed by atoms with Crippen molar-refractivity contribution in [3.8, 4) is 0 Å². The minimum Gasteiger partial charge on any atom is -0.339 e. The van der Waals surface area contributed by atoms with Crippen LogP contribution in [0.4, 0.5) is 5.69 Å². The highest BCUT2D eigenvalue weighted by Crippen LogP contribution is 2.15. The van der Waals surface area contributed by atoms with Gasteiger partial charge in [-0.15, -0.1) is 0 Å². The van der Waals surface area contributed by atoms with Crippen LogP contribution in [0.5, 0.6) is 0 Å². The summed E-state index contributed by atoms with van der Waals surface area (Å²) in [6.07, 6.45) is 7.43. The van der Waals surface area contributed by atoms with E-state index in [0.29, 0.717) is 11.1 Å². The standard InChI is InChI=1S/C20H23N3O2/c1-15-7-6-8-18(11-15)22-19(24)16-12-17(14-21-13-16)20(25)23-9-4-2-3-5-10-23/h6-8,11-14H,2-5,9-10H2,1H3,(H,22,24). The Hall–Kier alpha value is -2.69. The molecule has 130 valence electrons. The number of benzene rings is 1. The molecule has 2 aromatic rings. The van der Waals surface area contributed by atoms with Crippen LogP contribution in [0.2, 0.25) is 0 Å². The lowest BCUT2D eigenvalue weighted by Gasteiger charge is -2.20. The Morgan fingerprint density at radius 1 is 1.00 bits per heavy atom. The molecule has 0 aliphatic carbocycles. The van der Waals surface area contributed by atoms with Gasteiger partial charge in [0.05, 0.1) is 11.1 Å². The number of hydrogen-bond donors (Lipinski definition) is 1. The number of carbonyl (C=O) groups is 2. The Morgan fingerprint density at radius 2 is 1.72 bits per heavy atom. The summed E-state index contributed by atoms with van der Waals surface area (Å²) in [5.74, 6) is -0.303. The van der Waals surface area contributed by atoms with Crippen LogP contribution in [0, 0.1) is 6.92 Å². The summed E-state index contributed by atoms with van der Waals surface area (Å²) < 4.78 is 0.